The molecule has 1 aromatic carbocycles. The van der Waals surface area contributed by atoms with Crippen LogP contribution in [0.3, 0.4) is 0 Å². The number of likely N-dealkylation sites (N-methyl/N-ethyl adjacent to an activating group) is 1. The summed E-state index contributed by atoms with van der Waals surface area (Å²) in [5.74, 6) is -1.88. The molecule has 0 bridgehead atoms. The Morgan fingerprint density at radius 3 is 2.23 bits per heavy atom. The second-order valence-corrected chi connectivity index (χ2v) is 19.1. The molecule has 0 saturated carbocycles. The monoisotopic (exact) mass is 998 g/mol. The van der Waals surface area contributed by atoms with E-state index in [0.717, 1.165) is 37.8 Å². The van der Waals surface area contributed by atoms with E-state index < -0.39 is 35.9 Å². The number of benzene rings is 1. The van der Waals surface area contributed by atoms with E-state index >= 15 is 0 Å². The molecule has 2 amide bonds. The van der Waals surface area contributed by atoms with Crippen LogP contribution in [0.25, 0.3) is 0 Å². The van der Waals surface area contributed by atoms with Crippen LogP contribution >= 0.6 is 20.4 Å². The van der Waals surface area contributed by atoms with Gasteiger partial charge in [0, 0.05) is 115 Å². The number of nitrogens with zero attached hydrogens (tertiary/aromatic N) is 4. The third-order valence-electron chi connectivity index (χ3n) is 12.5. The van der Waals surface area contributed by atoms with Gasteiger partial charge in [0.15, 0.2) is 17.7 Å². The summed E-state index contributed by atoms with van der Waals surface area (Å²) in [5, 5.41) is 5.16. The van der Waals surface area contributed by atoms with Crippen LogP contribution < -0.4 is 5.32 Å². The molecule has 3 rings (SSSR count). The molecule has 1 fully saturated rings. The summed E-state index contributed by atoms with van der Waals surface area (Å²) in [6.45, 7) is 12.2. The van der Waals surface area contributed by atoms with Crippen molar-refractivity contribution in [3.63, 3.8) is 0 Å². The van der Waals surface area contributed by atoms with Crippen LogP contribution in [0.4, 0.5) is 0 Å². The number of hydrogen-bond donors (Lipinski definition) is 1. The third kappa shape index (κ3) is 19.1. The number of carbonyl (C=O) groups is 7. The van der Waals surface area contributed by atoms with Gasteiger partial charge in [-0.2, -0.15) is 0 Å². The van der Waals surface area contributed by atoms with Gasteiger partial charge in [-0.05, 0) is 78.5 Å². The standard InChI is InChI=1S/C48H72N5O8PS.Y/c1-9-32(4)39(27-44(58)41-22-13-14-24-52(41)7)48(60)53(8)42(31(2)3)28-45(61-34(6)54)47-51-40(30-63-47)46(59)50-36(26-35-17-11-10-12-18-35)25-33(5)43(57)23-16-20-37(55)19-15-21-38(56)29-49-62;/h10-12,17-18,30-33,36,39,41-42,45,62H,9,13-16,19-29H2,1-8H3,(H,50,59);/t32?,33-,36+,39-,41+,42+,45+;/m0./s1. The average Bonchev–Trinajstić information content (AvgIpc) is 3.74. The van der Waals surface area contributed by atoms with Crippen molar-refractivity contribution >= 4 is 61.3 Å². The fourth-order valence-electron chi connectivity index (χ4n) is 8.50. The molecular formula is C48H72N5O8PSY. The van der Waals surface area contributed by atoms with Gasteiger partial charge in [0.2, 0.25) is 5.91 Å². The number of thiazole rings is 1. The van der Waals surface area contributed by atoms with Crippen LogP contribution in [0.1, 0.15) is 152 Å². The Bertz CT molecular complexity index is 1850. The molecule has 1 saturated heterocycles. The molecule has 0 aliphatic carbocycles. The Kier molecular flexibility index (Phi) is 26.5. The second kappa shape index (κ2) is 29.7. The average molecular weight is 999 g/mol. The Labute approximate surface area is 413 Å². The van der Waals surface area contributed by atoms with E-state index in [-0.39, 0.29) is 130 Å². The van der Waals surface area contributed by atoms with Gasteiger partial charge in [0.1, 0.15) is 28.8 Å². The zero-order valence-electron chi connectivity index (χ0n) is 39.4. The molecule has 1 unspecified atom stereocenters. The van der Waals surface area contributed by atoms with Gasteiger partial charge in [-0.25, -0.2) is 4.98 Å². The minimum absolute atomic E-state index is 0. The molecule has 64 heavy (non-hydrogen) atoms. The predicted octanol–water partition coefficient (Wildman–Crippen LogP) is 8.47. The van der Waals surface area contributed by atoms with Gasteiger partial charge in [-0.15, -0.1) is 11.3 Å². The largest absolute Gasteiger partial charge is 0.455 e. The number of piperidine rings is 1. The topological polar surface area (TPSA) is 172 Å². The molecule has 13 nitrogen and oxygen atoms in total. The van der Waals surface area contributed by atoms with E-state index in [1.807, 2.05) is 72.0 Å². The first kappa shape index (κ1) is 57.2. The molecule has 16 heteroatoms. The second-order valence-electron chi connectivity index (χ2n) is 17.9. The van der Waals surface area contributed by atoms with Gasteiger partial charge in [0.05, 0.1) is 6.04 Å². The Hall–Kier alpha value is -2.90. The van der Waals surface area contributed by atoms with Gasteiger partial charge in [-0.1, -0.05) is 77.8 Å². The maximum atomic E-state index is 14.4. The van der Waals surface area contributed by atoms with Crippen LogP contribution in [0.15, 0.2) is 40.5 Å². The summed E-state index contributed by atoms with van der Waals surface area (Å²) in [7, 11) is 6.68. The normalized spacial score (nSPS) is 16.9. The molecule has 1 aromatic heterocycles. The van der Waals surface area contributed by atoms with Crippen LogP contribution in [-0.4, -0.2) is 101 Å². The number of Topliss-reactive ketones (excluding diaryl/α,β-unsaturated/α-hetero) is 4. The third-order valence-corrected chi connectivity index (χ3v) is 13.6. The molecule has 1 radical (unpaired) electrons. The van der Waals surface area contributed by atoms with Crippen molar-refractivity contribution in [2.24, 2.45) is 28.4 Å². The molecule has 2 heterocycles. The summed E-state index contributed by atoms with van der Waals surface area (Å²) in [4.78, 5) is 100. The first-order valence-electron chi connectivity index (χ1n) is 22.8. The fraction of sp³-hybridized carbons (Fsp3) is 0.667. The summed E-state index contributed by atoms with van der Waals surface area (Å²) in [6, 6.07) is 8.73. The smallest absolute Gasteiger partial charge is 0.303 e. The number of likely N-dealkylation sites (tertiary alicyclic amines) is 1. The molecule has 2 aromatic rings. The van der Waals surface area contributed by atoms with Gasteiger partial charge in [0.25, 0.3) is 5.91 Å². The van der Waals surface area contributed by atoms with Crippen LogP contribution in [0.5, 0.6) is 0 Å². The molecule has 0 spiro atoms. The first-order valence-corrected chi connectivity index (χ1v) is 24.1. The van der Waals surface area contributed by atoms with Crippen molar-refractivity contribution in [2.45, 2.75) is 156 Å². The number of nitrogens with one attached hydrogen (secondary N) is 1. The van der Waals surface area contributed by atoms with E-state index in [1.165, 1.54) is 18.3 Å². The van der Waals surface area contributed by atoms with Gasteiger partial charge < -0.3 is 15.0 Å². The number of hydrogen-bond acceptors (Lipinski definition) is 12. The molecular weight excluding hydrogens is 927 g/mol. The molecule has 1 N–H and O–H groups in total. The Morgan fingerprint density at radius 2 is 1.62 bits per heavy atom. The number of rotatable bonds is 29. The summed E-state index contributed by atoms with van der Waals surface area (Å²) < 4.78 is 9.48. The molecule has 351 valence electrons. The summed E-state index contributed by atoms with van der Waals surface area (Å²) in [6.07, 6.45) is 6.03. The maximum Gasteiger partial charge on any atom is 0.303 e. The van der Waals surface area contributed by atoms with Crippen molar-refractivity contribution in [3.8, 4) is 0 Å². The van der Waals surface area contributed by atoms with E-state index in [2.05, 4.69) is 29.0 Å². The quantitative estimate of drug-likeness (QED) is 0.0616. The fourth-order valence-corrected chi connectivity index (χ4v) is 9.52. The SMILES string of the molecule is CCC(C)[C@H](CC(=O)[C@H]1CCCCN1C)C(=O)N(C)[C@H](C[C@@H](OC(C)=O)c1nc(C(=O)N[C@@H](Cc2ccccc2)C[C@H](C)C(=O)CCCC(=O)CCCC(=O)CN=P)cs1)C(C)C.[Y]. The summed E-state index contributed by atoms with van der Waals surface area (Å²) >= 11 is 1.20. The molecule has 1 aliphatic heterocycles. The zero-order valence-corrected chi connectivity index (χ0v) is 44.1. The van der Waals surface area contributed by atoms with Crippen LogP contribution in [0.2, 0.25) is 0 Å². The van der Waals surface area contributed by atoms with E-state index in [9.17, 15) is 33.6 Å². The molecule has 7 atom stereocenters. The summed E-state index contributed by atoms with van der Waals surface area (Å²) in [5.41, 5.74) is 1.14. The number of ether oxygens (including phenoxy) is 1. The van der Waals surface area contributed by atoms with Crippen LogP contribution in [0, 0.1) is 23.7 Å². The predicted molar refractivity (Wildman–Crippen MR) is 249 cm³/mol. The first-order chi connectivity index (χ1) is 29.9. The van der Waals surface area contributed by atoms with Gasteiger partial charge in [-0.3, -0.25) is 43.2 Å². The Balaban J connectivity index is 0.0000141. The Morgan fingerprint density at radius 1 is 0.969 bits per heavy atom. The number of carbonyl (C=O) groups excluding carboxylic acids is 7. The van der Waals surface area contributed by atoms with E-state index in [4.69, 9.17) is 4.74 Å². The maximum absolute atomic E-state index is 14.4. The van der Waals surface area contributed by atoms with Crippen molar-refractivity contribution in [1.29, 1.82) is 0 Å². The van der Waals surface area contributed by atoms with Crippen molar-refractivity contribution in [2.75, 3.05) is 27.2 Å². The van der Waals surface area contributed by atoms with E-state index in [1.54, 1.807) is 17.3 Å². The number of aromatic nitrogens is 1. The van der Waals surface area contributed by atoms with E-state index in [0.29, 0.717) is 37.1 Å². The molecule has 1 aliphatic rings. The number of amides is 2. The minimum Gasteiger partial charge on any atom is -0.455 e. The van der Waals surface area contributed by atoms with Crippen molar-refractivity contribution < 1.29 is 71.0 Å². The number of ketones is 4. The minimum atomic E-state index is -0.835. The van der Waals surface area contributed by atoms with Gasteiger partial charge >= 0.3 is 5.97 Å². The van der Waals surface area contributed by atoms with Crippen molar-refractivity contribution in [3.05, 3.63) is 52.0 Å². The zero-order chi connectivity index (χ0) is 46.6. The number of esters is 1. The van der Waals surface area contributed by atoms with Crippen molar-refractivity contribution in [1.82, 2.24) is 20.1 Å². The van der Waals surface area contributed by atoms with Crippen LogP contribution in [-0.2, 0) is 72.6 Å².